The van der Waals surface area contributed by atoms with Gasteiger partial charge in [0.25, 0.3) is 0 Å². The molecule has 0 saturated carbocycles. The standard InChI is InChI=1S/C9H10FNO/c1-11-6-9(12)7-4-2-3-5-8(7)10/h2-6,11-12H,1H3/b9-6-. The Morgan fingerprint density at radius 1 is 1.50 bits per heavy atom. The fourth-order valence-corrected chi connectivity index (χ4v) is 0.883. The van der Waals surface area contributed by atoms with Crippen LogP contribution in [0, 0.1) is 5.82 Å². The average molecular weight is 167 g/mol. The van der Waals surface area contributed by atoms with Crippen molar-refractivity contribution in [1.29, 1.82) is 0 Å². The lowest BCUT2D eigenvalue weighted by molar-refractivity contribution is 0.499. The van der Waals surface area contributed by atoms with Gasteiger partial charge in [-0.2, -0.15) is 0 Å². The van der Waals surface area contributed by atoms with Gasteiger partial charge in [-0.25, -0.2) is 4.39 Å². The van der Waals surface area contributed by atoms with Gasteiger partial charge in [0.1, 0.15) is 11.6 Å². The van der Waals surface area contributed by atoms with Crippen molar-refractivity contribution in [3.63, 3.8) is 0 Å². The zero-order chi connectivity index (χ0) is 8.97. The first kappa shape index (κ1) is 8.59. The third-order valence-electron chi connectivity index (χ3n) is 1.43. The maximum absolute atomic E-state index is 12.9. The highest BCUT2D eigenvalue weighted by molar-refractivity contribution is 5.58. The van der Waals surface area contributed by atoms with Gasteiger partial charge in [0.05, 0.1) is 5.56 Å². The molecule has 1 aromatic rings. The van der Waals surface area contributed by atoms with Gasteiger partial charge >= 0.3 is 0 Å². The number of hydrogen-bond donors (Lipinski definition) is 2. The van der Waals surface area contributed by atoms with Gasteiger partial charge in [-0.05, 0) is 12.1 Å². The molecular formula is C9H10FNO. The van der Waals surface area contributed by atoms with E-state index in [2.05, 4.69) is 5.32 Å². The lowest BCUT2D eigenvalue weighted by Crippen LogP contribution is -1.97. The molecule has 0 aliphatic carbocycles. The highest BCUT2D eigenvalue weighted by Gasteiger charge is 2.03. The summed E-state index contributed by atoms with van der Waals surface area (Å²) in [5, 5.41) is 11.9. The second kappa shape index (κ2) is 3.76. The second-order valence-corrected chi connectivity index (χ2v) is 2.30. The number of benzene rings is 1. The van der Waals surface area contributed by atoms with Crippen LogP contribution in [0.3, 0.4) is 0 Å². The van der Waals surface area contributed by atoms with Crippen LogP contribution in [0.1, 0.15) is 5.56 Å². The van der Waals surface area contributed by atoms with Crippen LogP contribution < -0.4 is 5.32 Å². The summed E-state index contributed by atoms with van der Waals surface area (Å²) in [4.78, 5) is 0. The van der Waals surface area contributed by atoms with Crippen molar-refractivity contribution in [3.05, 3.63) is 41.8 Å². The van der Waals surface area contributed by atoms with Crippen LogP contribution in [0.15, 0.2) is 30.5 Å². The largest absolute Gasteiger partial charge is 0.506 e. The van der Waals surface area contributed by atoms with Crippen LogP contribution in [0.2, 0.25) is 0 Å². The van der Waals surface area contributed by atoms with E-state index in [4.69, 9.17) is 0 Å². The molecule has 2 nitrogen and oxygen atoms in total. The van der Waals surface area contributed by atoms with E-state index in [0.29, 0.717) is 0 Å². The molecule has 2 N–H and O–H groups in total. The maximum Gasteiger partial charge on any atom is 0.141 e. The van der Waals surface area contributed by atoms with E-state index in [0.717, 1.165) is 0 Å². The number of hydrogen-bond acceptors (Lipinski definition) is 2. The quantitative estimate of drug-likeness (QED) is 0.659. The summed E-state index contributed by atoms with van der Waals surface area (Å²) in [5.74, 6) is -0.530. The Balaban J connectivity index is 3.02. The molecule has 0 radical (unpaired) electrons. The highest BCUT2D eigenvalue weighted by Crippen LogP contribution is 2.13. The van der Waals surface area contributed by atoms with Crippen molar-refractivity contribution in [1.82, 2.24) is 5.32 Å². The Labute approximate surface area is 70.3 Å². The Morgan fingerprint density at radius 2 is 2.17 bits per heavy atom. The predicted molar refractivity (Wildman–Crippen MR) is 46.1 cm³/mol. The van der Waals surface area contributed by atoms with E-state index in [-0.39, 0.29) is 11.3 Å². The molecule has 1 rings (SSSR count). The third-order valence-corrected chi connectivity index (χ3v) is 1.43. The van der Waals surface area contributed by atoms with Crippen LogP contribution in [0.25, 0.3) is 5.76 Å². The summed E-state index contributed by atoms with van der Waals surface area (Å²) in [6, 6.07) is 6.05. The summed E-state index contributed by atoms with van der Waals surface area (Å²) in [5.41, 5.74) is 0.201. The predicted octanol–water partition coefficient (Wildman–Crippen LogP) is 1.90. The van der Waals surface area contributed by atoms with Gasteiger partial charge in [0, 0.05) is 13.2 Å². The van der Waals surface area contributed by atoms with Crippen molar-refractivity contribution in [2.75, 3.05) is 7.05 Å². The number of halogens is 1. The molecule has 12 heavy (non-hydrogen) atoms. The van der Waals surface area contributed by atoms with Crippen LogP contribution in [0.5, 0.6) is 0 Å². The van der Waals surface area contributed by atoms with E-state index in [1.165, 1.54) is 18.3 Å². The third kappa shape index (κ3) is 1.75. The molecule has 0 aliphatic heterocycles. The van der Waals surface area contributed by atoms with Gasteiger partial charge in [-0.3, -0.25) is 0 Å². The van der Waals surface area contributed by atoms with E-state index < -0.39 is 5.82 Å². The summed E-state index contributed by atoms with van der Waals surface area (Å²) >= 11 is 0. The molecule has 0 aliphatic rings. The summed E-state index contributed by atoms with van der Waals surface area (Å²) in [7, 11) is 1.64. The fourth-order valence-electron chi connectivity index (χ4n) is 0.883. The van der Waals surface area contributed by atoms with Crippen LogP contribution in [-0.2, 0) is 0 Å². The van der Waals surface area contributed by atoms with E-state index in [1.807, 2.05) is 0 Å². The topological polar surface area (TPSA) is 32.3 Å². The Kier molecular flexibility index (Phi) is 2.69. The number of rotatable bonds is 2. The van der Waals surface area contributed by atoms with Gasteiger partial charge in [-0.1, -0.05) is 12.1 Å². The zero-order valence-electron chi connectivity index (χ0n) is 6.71. The Bertz CT molecular complexity index is 296. The molecule has 0 spiro atoms. The number of aliphatic hydroxyl groups is 1. The lowest BCUT2D eigenvalue weighted by atomic mass is 10.2. The van der Waals surface area contributed by atoms with Crippen molar-refractivity contribution >= 4 is 5.76 Å². The first-order valence-corrected chi connectivity index (χ1v) is 3.57. The minimum absolute atomic E-state index is 0.101. The molecular weight excluding hydrogens is 157 g/mol. The molecule has 0 bridgehead atoms. The SMILES string of the molecule is CN/C=C(\O)c1ccccc1F. The molecule has 0 fully saturated rings. The van der Waals surface area contributed by atoms with Crippen molar-refractivity contribution in [2.45, 2.75) is 0 Å². The highest BCUT2D eigenvalue weighted by atomic mass is 19.1. The number of aliphatic hydroxyl groups excluding tert-OH is 1. The second-order valence-electron chi connectivity index (χ2n) is 2.30. The van der Waals surface area contributed by atoms with Gasteiger partial charge in [0.15, 0.2) is 0 Å². The van der Waals surface area contributed by atoms with Crippen molar-refractivity contribution < 1.29 is 9.50 Å². The molecule has 0 saturated heterocycles. The molecule has 0 aromatic heterocycles. The first-order valence-electron chi connectivity index (χ1n) is 3.57. The minimum Gasteiger partial charge on any atom is -0.506 e. The molecule has 0 unspecified atom stereocenters. The molecule has 0 atom stereocenters. The van der Waals surface area contributed by atoms with Crippen LogP contribution in [0.4, 0.5) is 4.39 Å². The van der Waals surface area contributed by atoms with Crippen molar-refractivity contribution in [2.24, 2.45) is 0 Å². The smallest absolute Gasteiger partial charge is 0.141 e. The molecule has 64 valence electrons. The lowest BCUT2D eigenvalue weighted by Gasteiger charge is -2.00. The molecule has 3 heteroatoms. The van der Waals surface area contributed by atoms with Crippen LogP contribution >= 0.6 is 0 Å². The zero-order valence-corrected chi connectivity index (χ0v) is 6.71. The normalized spacial score (nSPS) is 11.3. The average Bonchev–Trinajstić information content (AvgIpc) is 2.05. The monoisotopic (exact) mass is 167 g/mol. The van der Waals surface area contributed by atoms with Gasteiger partial charge < -0.3 is 10.4 Å². The maximum atomic E-state index is 12.9. The van der Waals surface area contributed by atoms with Crippen LogP contribution in [-0.4, -0.2) is 12.2 Å². The molecule has 0 amide bonds. The van der Waals surface area contributed by atoms with Crippen molar-refractivity contribution in [3.8, 4) is 0 Å². The molecule has 1 aromatic carbocycles. The van der Waals surface area contributed by atoms with E-state index >= 15 is 0 Å². The first-order chi connectivity index (χ1) is 5.75. The van der Waals surface area contributed by atoms with Gasteiger partial charge in [0.2, 0.25) is 0 Å². The van der Waals surface area contributed by atoms with E-state index in [1.54, 1.807) is 19.2 Å². The fraction of sp³-hybridized carbons (Fsp3) is 0.111. The molecule has 0 heterocycles. The number of nitrogens with one attached hydrogen (secondary N) is 1. The summed E-state index contributed by atoms with van der Waals surface area (Å²) < 4.78 is 12.9. The van der Waals surface area contributed by atoms with E-state index in [9.17, 15) is 9.50 Å². The summed E-state index contributed by atoms with van der Waals surface area (Å²) in [6.45, 7) is 0. The Hall–Kier alpha value is -1.51. The van der Waals surface area contributed by atoms with Gasteiger partial charge in [-0.15, -0.1) is 0 Å². The summed E-state index contributed by atoms with van der Waals surface area (Å²) in [6.07, 6.45) is 1.33. The Morgan fingerprint density at radius 3 is 2.75 bits per heavy atom. The minimum atomic E-state index is -0.429.